The molecule has 0 N–H and O–H groups in total. The van der Waals surface area contributed by atoms with E-state index in [0.717, 1.165) is 18.1 Å². The van der Waals surface area contributed by atoms with Crippen LogP contribution in [0.3, 0.4) is 0 Å². The van der Waals surface area contributed by atoms with E-state index in [9.17, 15) is 21.6 Å². The molecule has 3 rings (SSSR count). The van der Waals surface area contributed by atoms with Gasteiger partial charge < -0.3 is 18.6 Å². The normalized spacial score (nSPS) is 21.2. The van der Waals surface area contributed by atoms with Gasteiger partial charge in [-0.05, 0) is 29.5 Å². The molecule has 196 valence electrons. The van der Waals surface area contributed by atoms with E-state index < -0.39 is 36.3 Å². The Bertz CT molecular complexity index is 1210. The fraction of sp³-hybridized carbons (Fsp3) is 0.609. The van der Waals surface area contributed by atoms with E-state index in [1.165, 1.54) is 14.2 Å². The molecule has 2 atom stereocenters. The fourth-order valence-corrected chi connectivity index (χ4v) is 24.4. The number of methoxy groups -OCH3 is 2. The topological polar surface area (TPSA) is 122 Å². The van der Waals surface area contributed by atoms with Gasteiger partial charge in [-0.15, -0.1) is 0 Å². The van der Waals surface area contributed by atoms with Crippen molar-refractivity contribution in [1.82, 2.24) is 0 Å². The lowest BCUT2D eigenvalue weighted by Gasteiger charge is -2.43. The molecular weight excluding hydrogens is 512 g/mol. The summed E-state index contributed by atoms with van der Waals surface area (Å²) in [5, 5.41) is -1.23. The molecule has 1 aromatic carbocycles. The second-order valence-electron chi connectivity index (χ2n) is 10.1. The van der Waals surface area contributed by atoms with Gasteiger partial charge in [-0.1, -0.05) is 32.9 Å². The van der Waals surface area contributed by atoms with Gasteiger partial charge in [0.1, 0.15) is 12.5 Å². The van der Waals surface area contributed by atoms with Gasteiger partial charge in [0.2, 0.25) is 0 Å². The Kier molecular flexibility index (Phi) is 7.77. The summed E-state index contributed by atoms with van der Waals surface area (Å²) in [6, 6.07) is 5.30. The summed E-state index contributed by atoms with van der Waals surface area (Å²) in [7, 11) is -5.41. The van der Waals surface area contributed by atoms with Gasteiger partial charge in [0, 0.05) is 42.2 Å². The molecule has 0 unspecified atom stereocenters. The van der Waals surface area contributed by atoms with Crippen molar-refractivity contribution >= 4 is 31.0 Å². The summed E-state index contributed by atoms with van der Waals surface area (Å²) < 4.78 is 75.7. The highest BCUT2D eigenvalue weighted by molar-refractivity contribution is 8.50. The first kappa shape index (κ1) is 28.0. The second kappa shape index (κ2) is 9.71. The number of ether oxygens (including phenoxy) is 3. The zero-order valence-corrected chi connectivity index (χ0v) is 23.8. The van der Waals surface area contributed by atoms with E-state index in [0.29, 0.717) is 28.9 Å². The minimum atomic E-state index is -4.64. The molecule has 0 amide bonds. The molecule has 12 heteroatoms. The molecule has 35 heavy (non-hydrogen) atoms. The SMILES string of the molecule is COCOCC1=C2[C@H](CC1=O)Cc1c(OC)cccc1[C@H]2O[Si](C(C)(C)C)(S(C)(=O)=O)S(C)(=O)=O. The van der Waals surface area contributed by atoms with Crippen molar-refractivity contribution in [3.05, 3.63) is 40.5 Å². The maximum absolute atomic E-state index is 13.3. The molecule has 0 fully saturated rings. The van der Waals surface area contributed by atoms with Crippen molar-refractivity contribution in [2.24, 2.45) is 5.92 Å². The summed E-state index contributed by atoms with van der Waals surface area (Å²) in [6.45, 7) is 0.0103. The Morgan fingerprint density at radius 3 is 2.17 bits per heavy atom. The fourth-order valence-electron chi connectivity index (χ4n) is 5.48. The van der Waals surface area contributed by atoms with Crippen molar-refractivity contribution in [1.29, 1.82) is 0 Å². The van der Waals surface area contributed by atoms with Crippen LogP contribution in [0.25, 0.3) is 0 Å². The maximum atomic E-state index is 13.3. The number of benzene rings is 1. The van der Waals surface area contributed by atoms with Crippen LogP contribution in [0.5, 0.6) is 5.75 Å². The van der Waals surface area contributed by atoms with Crippen LogP contribution in [-0.2, 0) is 43.7 Å². The van der Waals surface area contributed by atoms with E-state index in [1.54, 1.807) is 39.0 Å². The van der Waals surface area contributed by atoms with Crippen LogP contribution in [0.15, 0.2) is 29.3 Å². The third-order valence-electron chi connectivity index (χ3n) is 6.58. The van der Waals surface area contributed by atoms with Crippen LogP contribution in [0.4, 0.5) is 0 Å². The first-order valence-corrected chi connectivity index (χ1v) is 18.3. The van der Waals surface area contributed by atoms with Crippen molar-refractivity contribution in [3.63, 3.8) is 0 Å². The average molecular weight is 547 g/mol. The standard InChI is InChI=1S/C23H34O9S2Si/c1-23(2,3)35(33(6,25)26,34(7,27)28)32-22-16-9-8-10-20(30-5)17(16)11-15-12-19(24)18(21(15)22)13-31-14-29-4/h8-10,15,22H,11-14H2,1-7H3/t15-,22+/m0/s1. The largest absolute Gasteiger partial charge is 0.496 e. The van der Waals surface area contributed by atoms with Gasteiger partial charge in [-0.2, -0.15) is 0 Å². The Morgan fingerprint density at radius 2 is 1.66 bits per heavy atom. The van der Waals surface area contributed by atoms with Crippen molar-refractivity contribution in [3.8, 4) is 5.75 Å². The van der Waals surface area contributed by atoms with Gasteiger partial charge in [0.25, 0.3) is 0 Å². The maximum Gasteiger partial charge on any atom is 0.462 e. The second-order valence-corrected chi connectivity index (χ2v) is 24.7. The Labute approximate surface area is 208 Å². The summed E-state index contributed by atoms with van der Waals surface area (Å²) in [5.41, 5.74) is 2.34. The summed E-state index contributed by atoms with van der Waals surface area (Å²) >= 11 is 0. The summed E-state index contributed by atoms with van der Waals surface area (Å²) in [6.07, 6.45) is 1.47. The number of hydrogen-bond donors (Lipinski definition) is 0. The van der Waals surface area contributed by atoms with Crippen LogP contribution < -0.4 is 4.74 Å². The van der Waals surface area contributed by atoms with E-state index >= 15 is 0 Å². The minimum absolute atomic E-state index is 0.0297. The van der Waals surface area contributed by atoms with Crippen molar-refractivity contribution < 1.29 is 40.3 Å². The number of rotatable bonds is 9. The van der Waals surface area contributed by atoms with Crippen molar-refractivity contribution in [2.75, 3.05) is 40.1 Å². The summed E-state index contributed by atoms with van der Waals surface area (Å²) in [5.74, 6) is 0.153. The number of Topliss-reactive ketones (excluding diaryl/α,β-unsaturated/α-hetero) is 1. The molecule has 0 saturated carbocycles. The molecule has 0 aromatic heterocycles. The molecule has 0 spiro atoms. The van der Waals surface area contributed by atoms with Crippen LogP contribution in [0.2, 0.25) is 5.04 Å². The molecule has 2 aliphatic rings. The van der Waals surface area contributed by atoms with Gasteiger partial charge in [-0.3, -0.25) is 4.79 Å². The monoisotopic (exact) mass is 546 g/mol. The number of carbonyl (C=O) groups is 1. The molecule has 0 saturated heterocycles. The first-order valence-electron chi connectivity index (χ1n) is 11.2. The van der Waals surface area contributed by atoms with Gasteiger partial charge in [0.05, 0.1) is 19.8 Å². The lowest BCUT2D eigenvalue weighted by atomic mass is 9.78. The number of hydrogen-bond acceptors (Lipinski definition) is 9. The van der Waals surface area contributed by atoms with E-state index in [4.69, 9.17) is 18.6 Å². The molecule has 0 bridgehead atoms. The van der Waals surface area contributed by atoms with Crippen molar-refractivity contribution in [2.45, 2.75) is 44.8 Å². The van der Waals surface area contributed by atoms with Crippen LogP contribution >= 0.6 is 0 Å². The predicted octanol–water partition coefficient (Wildman–Crippen LogP) is 2.64. The molecule has 0 heterocycles. The third-order valence-corrected chi connectivity index (χ3v) is 26.5. The average Bonchev–Trinajstić information content (AvgIpc) is 3.03. The van der Waals surface area contributed by atoms with Gasteiger partial charge in [0.15, 0.2) is 24.4 Å². The Hall–Kier alpha value is -1.57. The number of ketones is 1. The zero-order chi connectivity index (χ0) is 26.4. The number of fused-ring (bicyclic) bond motifs is 2. The minimum Gasteiger partial charge on any atom is -0.496 e. The highest BCUT2D eigenvalue weighted by Crippen LogP contribution is 2.54. The van der Waals surface area contributed by atoms with Gasteiger partial charge >= 0.3 is 6.62 Å². The molecule has 0 radical (unpaired) electrons. The van der Waals surface area contributed by atoms with Crippen LogP contribution in [0.1, 0.15) is 44.4 Å². The predicted molar refractivity (Wildman–Crippen MR) is 134 cm³/mol. The summed E-state index contributed by atoms with van der Waals surface area (Å²) in [4.78, 5) is 13.1. The molecule has 0 aliphatic heterocycles. The highest BCUT2D eigenvalue weighted by Gasteiger charge is 2.67. The molecule has 9 nitrogen and oxygen atoms in total. The van der Waals surface area contributed by atoms with E-state index in [-0.39, 0.29) is 31.5 Å². The third kappa shape index (κ3) is 4.76. The van der Waals surface area contributed by atoms with Crippen LogP contribution in [0, 0.1) is 5.92 Å². The van der Waals surface area contributed by atoms with E-state index in [2.05, 4.69) is 0 Å². The Morgan fingerprint density at radius 1 is 1.03 bits per heavy atom. The highest BCUT2D eigenvalue weighted by atomic mass is 32.6. The Balaban J connectivity index is 2.34. The molecule has 1 aromatic rings. The quantitative estimate of drug-likeness (QED) is 0.261. The smallest absolute Gasteiger partial charge is 0.462 e. The molecular formula is C23H34O9S2Si. The zero-order valence-electron chi connectivity index (χ0n) is 21.2. The number of carbonyl (C=O) groups excluding carboxylic acids is 1. The molecule has 2 aliphatic carbocycles. The van der Waals surface area contributed by atoms with Crippen LogP contribution in [-0.4, -0.2) is 69.4 Å². The lowest BCUT2D eigenvalue weighted by Crippen LogP contribution is -2.61. The lowest BCUT2D eigenvalue weighted by molar-refractivity contribution is -0.116. The van der Waals surface area contributed by atoms with Gasteiger partial charge in [-0.25, -0.2) is 16.8 Å². The first-order chi connectivity index (χ1) is 16.1. The van der Waals surface area contributed by atoms with E-state index in [1.807, 2.05) is 0 Å².